The number of alkyl halides is 9. The van der Waals surface area contributed by atoms with E-state index in [2.05, 4.69) is 4.74 Å². The second-order valence-electron chi connectivity index (χ2n) is 6.83. The number of carbonyl (C=O) groups is 1. The number of nitrogens with zero attached hydrogens (tertiary/aromatic N) is 2. The maximum atomic E-state index is 14.1. The van der Waals surface area contributed by atoms with Crippen molar-refractivity contribution in [3.8, 4) is 0 Å². The van der Waals surface area contributed by atoms with Crippen molar-refractivity contribution in [3.63, 3.8) is 0 Å². The summed E-state index contributed by atoms with van der Waals surface area (Å²) in [5.74, 6) is -8.19. The fraction of sp³-hybridized carbons (Fsp3) is 0.923. The highest BCUT2D eigenvalue weighted by atomic mass is 32.2. The molecule has 0 aromatic heterocycles. The molecule has 8 nitrogen and oxygen atoms in total. The van der Waals surface area contributed by atoms with E-state index < -0.39 is 88.0 Å². The monoisotopic (exact) mass is 532 g/mol. The van der Waals surface area contributed by atoms with Crippen molar-refractivity contribution in [3.05, 3.63) is 0 Å². The van der Waals surface area contributed by atoms with E-state index in [9.17, 15) is 56.9 Å². The Bertz CT molecular complexity index is 824. The largest absolute Gasteiger partial charge is 0.455 e. The third-order valence-corrected chi connectivity index (χ3v) is 6.97. The van der Waals surface area contributed by atoms with Crippen molar-refractivity contribution < 1.29 is 66.2 Å². The van der Waals surface area contributed by atoms with Crippen molar-refractivity contribution in [2.24, 2.45) is 0 Å². The van der Waals surface area contributed by atoms with E-state index in [0.717, 1.165) is 18.7 Å². The number of ether oxygens (including phenoxy) is 1. The molecule has 1 rings (SSSR count). The second kappa shape index (κ2) is 9.22. The SMILES string of the molecule is CC1CN(S(=O)(=O)C(F)(F)C(F)(F)C(F)(F)S(=O)O)CC(C)N1CC(=O)OCC(F)(F)F. The smallest absolute Gasteiger partial charge is 0.428 e. The molecule has 0 aromatic carbocycles. The van der Waals surface area contributed by atoms with Gasteiger partial charge in [0.1, 0.15) is 0 Å². The zero-order valence-corrected chi connectivity index (χ0v) is 17.7. The van der Waals surface area contributed by atoms with Gasteiger partial charge in [0.2, 0.25) is 11.1 Å². The molecule has 1 fully saturated rings. The Kier molecular flexibility index (Phi) is 8.32. The van der Waals surface area contributed by atoms with Crippen molar-refractivity contribution >= 4 is 27.1 Å². The van der Waals surface area contributed by atoms with Crippen LogP contribution in [0, 0.1) is 0 Å². The summed E-state index contributed by atoms with van der Waals surface area (Å²) in [6.07, 6.45) is -4.84. The molecular weight excluding hydrogens is 515 g/mol. The topological polar surface area (TPSA) is 104 Å². The van der Waals surface area contributed by atoms with E-state index in [1.54, 1.807) is 0 Å². The van der Waals surface area contributed by atoms with Crippen molar-refractivity contribution in [2.45, 2.75) is 48.5 Å². The van der Waals surface area contributed by atoms with Gasteiger partial charge in [-0.25, -0.2) is 12.6 Å². The number of esters is 1. The lowest BCUT2D eigenvalue weighted by Gasteiger charge is -2.44. The van der Waals surface area contributed by atoms with Crippen LogP contribution in [0.4, 0.5) is 39.5 Å². The van der Waals surface area contributed by atoms with Crippen LogP contribution >= 0.6 is 0 Å². The predicted molar refractivity (Wildman–Crippen MR) is 88.7 cm³/mol. The Labute approximate surface area is 178 Å². The van der Waals surface area contributed by atoms with E-state index in [1.807, 2.05) is 0 Å². The second-order valence-corrected chi connectivity index (χ2v) is 9.82. The fourth-order valence-corrected chi connectivity index (χ4v) is 4.79. The fourth-order valence-electron chi connectivity index (χ4n) is 2.78. The first-order valence-corrected chi connectivity index (χ1v) is 10.9. The van der Waals surface area contributed by atoms with Crippen LogP contribution in [0.5, 0.6) is 0 Å². The average Bonchev–Trinajstić information content (AvgIpc) is 2.61. The first kappa shape index (κ1) is 28.9. The molecule has 1 aliphatic heterocycles. The van der Waals surface area contributed by atoms with Crippen LogP contribution in [0.2, 0.25) is 0 Å². The number of halogens is 9. The van der Waals surface area contributed by atoms with E-state index in [4.69, 9.17) is 4.55 Å². The summed E-state index contributed by atoms with van der Waals surface area (Å²) >= 11 is -4.85. The van der Waals surface area contributed by atoms with E-state index in [0.29, 0.717) is 0 Å². The minimum absolute atomic E-state index is 0.274. The van der Waals surface area contributed by atoms with Gasteiger partial charge < -0.3 is 9.29 Å². The van der Waals surface area contributed by atoms with Gasteiger partial charge in [-0.15, -0.1) is 0 Å². The molecule has 1 saturated heterocycles. The van der Waals surface area contributed by atoms with Crippen molar-refractivity contribution in [2.75, 3.05) is 26.2 Å². The Balaban J connectivity index is 3.07. The van der Waals surface area contributed by atoms with Crippen LogP contribution < -0.4 is 0 Å². The summed E-state index contributed by atoms with van der Waals surface area (Å²) in [6, 6.07) is -2.47. The van der Waals surface area contributed by atoms with Gasteiger partial charge in [-0.2, -0.15) is 43.8 Å². The first-order chi connectivity index (χ1) is 14.1. The van der Waals surface area contributed by atoms with Crippen LogP contribution in [0.25, 0.3) is 0 Å². The molecular formula is C13H17F9N2O6S2. The van der Waals surface area contributed by atoms with Crippen molar-refractivity contribution in [1.82, 2.24) is 9.21 Å². The number of hydrogen-bond acceptors (Lipinski definition) is 6. The van der Waals surface area contributed by atoms with Gasteiger partial charge in [0.15, 0.2) is 6.61 Å². The highest BCUT2D eigenvalue weighted by Gasteiger charge is 2.80. The Hall–Kier alpha value is -1.18. The molecule has 32 heavy (non-hydrogen) atoms. The number of sulfonamides is 1. The van der Waals surface area contributed by atoms with Crippen LogP contribution in [0.3, 0.4) is 0 Å². The first-order valence-electron chi connectivity index (χ1n) is 8.31. The van der Waals surface area contributed by atoms with Crippen LogP contribution in [0.15, 0.2) is 0 Å². The molecule has 0 spiro atoms. The van der Waals surface area contributed by atoms with E-state index in [-0.39, 0.29) is 4.31 Å². The Morgan fingerprint density at radius 1 is 1.03 bits per heavy atom. The zero-order chi connectivity index (χ0) is 25.5. The molecule has 0 aliphatic carbocycles. The van der Waals surface area contributed by atoms with Gasteiger partial charge in [0.25, 0.3) is 10.0 Å². The molecule has 190 valence electrons. The van der Waals surface area contributed by atoms with Gasteiger partial charge in [0.05, 0.1) is 6.54 Å². The lowest BCUT2D eigenvalue weighted by molar-refractivity contribution is -0.245. The minimum atomic E-state index is -6.79. The number of carbonyl (C=O) groups excluding carboxylic acids is 1. The van der Waals surface area contributed by atoms with Gasteiger partial charge >= 0.3 is 28.6 Å². The zero-order valence-electron chi connectivity index (χ0n) is 16.1. The molecule has 3 atom stereocenters. The van der Waals surface area contributed by atoms with Gasteiger partial charge in [-0.1, -0.05) is 0 Å². The van der Waals surface area contributed by atoms with Gasteiger partial charge in [-0.05, 0) is 13.8 Å². The summed E-state index contributed by atoms with van der Waals surface area (Å²) in [7, 11) is -6.55. The minimum Gasteiger partial charge on any atom is -0.455 e. The van der Waals surface area contributed by atoms with Crippen molar-refractivity contribution in [1.29, 1.82) is 0 Å². The molecule has 0 amide bonds. The number of hydrogen-bond donors (Lipinski definition) is 1. The maximum absolute atomic E-state index is 14.1. The van der Waals surface area contributed by atoms with Crippen LogP contribution in [0.1, 0.15) is 13.8 Å². The molecule has 1 heterocycles. The maximum Gasteiger partial charge on any atom is 0.428 e. The van der Waals surface area contributed by atoms with Gasteiger partial charge in [0, 0.05) is 25.2 Å². The summed E-state index contributed by atoms with van der Waals surface area (Å²) < 4.78 is 165. The normalized spacial score (nSPS) is 23.8. The lowest BCUT2D eigenvalue weighted by atomic mass is 10.1. The Morgan fingerprint density at radius 2 is 1.47 bits per heavy atom. The third kappa shape index (κ3) is 5.48. The van der Waals surface area contributed by atoms with Gasteiger partial charge in [-0.3, -0.25) is 9.69 Å². The summed E-state index contributed by atoms with van der Waals surface area (Å²) in [4.78, 5) is 12.6. The summed E-state index contributed by atoms with van der Waals surface area (Å²) in [5, 5.41) is -12.8. The summed E-state index contributed by atoms with van der Waals surface area (Å²) in [6.45, 7) is -2.66. The van der Waals surface area contributed by atoms with E-state index in [1.165, 1.54) is 0 Å². The average molecular weight is 532 g/mol. The highest BCUT2D eigenvalue weighted by Crippen LogP contribution is 2.50. The number of piperazine rings is 1. The molecule has 3 unspecified atom stereocenters. The predicted octanol–water partition coefficient (Wildman–Crippen LogP) is 1.86. The molecule has 0 aromatic rings. The molecule has 1 aliphatic rings. The molecule has 0 bridgehead atoms. The number of rotatable bonds is 8. The van der Waals surface area contributed by atoms with Crippen LogP contribution in [-0.2, 0) is 30.6 Å². The molecule has 0 radical (unpaired) electrons. The highest BCUT2D eigenvalue weighted by molar-refractivity contribution is 7.90. The molecule has 1 N–H and O–H groups in total. The molecule has 0 saturated carbocycles. The van der Waals surface area contributed by atoms with Crippen LogP contribution in [-0.4, -0.2) is 93.3 Å². The quantitative estimate of drug-likeness (QED) is 0.289. The molecule has 19 heteroatoms. The van der Waals surface area contributed by atoms with E-state index >= 15 is 0 Å². The Morgan fingerprint density at radius 3 is 1.84 bits per heavy atom. The summed E-state index contributed by atoms with van der Waals surface area (Å²) in [5.41, 5.74) is 0. The third-order valence-electron chi connectivity index (χ3n) is 4.39. The standard InChI is InChI=1S/C13H17F9N2O6S2/c1-7-3-23(4-8(2)24(7)5-9(25)30-6-10(14,15)16)32(28,29)13(21,22)11(17,18)12(19,20)31(26)27/h7-8H,3-6H2,1-2H3,(H,26,27). The lowest BCUT2D eigenvalue weighted by Crippen LogP contribution is -2.66.